The van der Waals surface area contributed by atoms with Crippen molar-refractivity contribution in [1.82, 2.24) is 19.9 Å². The van der Waals surface area contributed by atoms with Gasteiger partial charge in [-0.3, -0.25) is 24.7 Å². The van der Waals surface area contributed by atoms with Crippen LogP contribution in [0.3, 0.4) is 0 Å². The first-order valence-corrected chi connectivity index (χ1v) is 21.4. The van der Waals surface area contributed by atoms with Crippen LogP contribution in [0.4, 0.5) is 0 Å². The molecule has 59 heavy (non-hydrogen) atoms. The molecule has 9 nitrogen and oxygen atoms in total. The number of carboxylic acid groups (broad SMARTS) is 1. The van der Waals surface area contributed by atoms with Gasteiger partial charge in [-0.1, -0.05) is 76.8 Å². The number of carbonyl (C=O) groups is 2. The number of unbranched alkanes of at least 4 members (excludes halogenated alkanes) is 6. The van der Waals surface area contributed by atoms with Gasteiger partial charge in [-0.05, 0) is 117 Å². The van der Waals surface area contributed by atoms with Crippen LogP contribution in [-0.2, 0) is 32.3 Å². The largest absolute Gasteiger partial charge is 2.00 e. The summed E-state index contributed by atoms with van der Waals surface area (Å²) in [6.07, 6.45) is 19.6. The molecule has 0 saturated heterocycles. The Morgan fingerprint density at radius 1 is 0.593 bits per heavy atom. The summed E-state index contributed by atoms with van der Waals surface area (Å²) in [5, 5.41) is 25.8. The van der Waals surface area contributed by atoms with E-state index in [1.54, 1.807) is 12.1 Å². The van der Waals surface area contributed by atoms with Crippen molar-refractivity contribution in [2.45, 2.75) is 85.0 Å². The molecule has 0 aliphatic rings. The van der Waals surface area contributed by atoms with Crippen molar-refractivity contribution in [3.63, 3.8) is 0 Å². The fourth-order valence-electron chi connectivity index (χ4n) is 5.73. The van der Waals surface area contributed by atoms with E-state index in [4.69, 9.17) is 15.9 Å². The molecule has 0 aromatic carbocycles. The van der Waals surface area contributed by atoms with Crippen LogP contribution in [0, 0.1) is 0 Å². The van der Waals surface area contributed by atoms with Gasteiger partial charge >= 0.3 is 25.4 Å². The molecule has 0 bridgehead atoms. The zero-order valence-corrected chi connectivity index (χ0v) is 38.2. The van der Waals surface area contributed by atoms with E-state index >= 15 is 0 Å². The maximum absolute atomic E-state index is 11.3. The van der Waals surface area contributed by atoms with Crippen LogP contribution < -0.4 is 0 Å². The van der Waals surface area contributed by atoms with E-state index < -0.39 is 5.97 Å². The minimum Gasteiger partial charge on any atom is -0.753 e. The molecule has 0 fully saturated rings. The Bertz CT molecular complexity index is 2120. The molecular weight excluding hydrogens is 902 g/mol. The zero-order chi connectivity index (χ0) is 42.1. The van der Waals surface area contributed by atoms with Crippen LogP contribution in [-0.4, -0.2) is 47.1 Å². The Kier molecular flexibility index (Phi) is 24.6. The summed E-state index contributed by atoms with van der Waals surface area (Å²) in [5.74, 6) is -1.10. The number of pyridine rings is 4. The number of hydrogen-bond donors (Lipinski definition) is 1. The molecule has 0 unspecified atom stereocenters. The second-order valence-corrected chi connectivity index (χ2v) is 15.6. The molecule has 306 valence electrons. The third kappa shape index (κ3) is 17.6. The van der Waals surface area contributed by atoms with Gasteiger partial charge in [-0.15, -0.1) is 22.7 Å². The van der Waals surface area contributed by atoms with Gasteiger partial charge in [0.2, 0.25) is 0 Å². The number of Topliss-reactive ketones (excluding diaryl/α,β-unsaturated/α-hetero) is 1. The summed E-state index contributed by atoms with van der Waals surface area (Å²) in [4.78, 5) is 45.2. The molecule has 0 atom stereocenters. The number of rotatable bonds is 16. The minimum atomic E-state index is -1.03. The molecule has 6 aromatic rings. The maximum atomic E-state index is 11.3. The molecule has 0 spiro atoms. The number of ketones is 1. The molecule has 1 N–H and O–H groups in total. The number of carboxylic acids is 1. The third-order valence-corrected chi connectivity index (χ3v) is 11.1. The first-order valence-electron chi connectivity index (χ1n) is 19.0. The maximum Gasteiger partial charge on any atom is 2.00 e. The smallest absolute Gasteiger partial charge is 0.753 e. The van der Waals surface area contributed by atoms with E-state index in [0.29, 0.717) is 17.0 Å². The number of nitrogens with zero attached hydrogens (tertiary/aromatic N) is 6. The number of aromatic carboxylic acids is 1. The molecule has 6 rings (SSSR count). The second-order valence-electron chi connectivity index (χ2n) is 12.9. The first kappa shape index (κ1) is 50.5. The molecular formula is C45H46N6O3RuS4. The first-order chi connectivity index (χ1) is 28.2. The third-order valence-electron chi connectivity index (χ3n) is 8.66. The van der Waals surface area contributed by atoms with E-state index in [0.717, 1.165) is 11.4 Å². The van der Waals surface area contributed by atoms with Gasteiger partial charge in [0.05, 0.1) is 28.3 Å². The second kappa shape index (κ2) is 28.7. The Morgan fingerprint density at radius 3 is 1.36 bits per heavy atom. The normalized spacial score (nSPS) is 9.81. The topological polar surface area (TPSA) is 151 Å². The number of thiocarbonyl (C=S) groups is 2. The minimum absolute atomic E-state index is 0. The standard InChI is InChI=1S/C30H36N2S2.C13H10N2O3.2CNS.Ru/c1-3-5-7-9-11-25-13-15-29(33-25)23-17-19-31-27(21-23)28-22-24(18-20-32-28)30-16-14-26(34-30)12-10-8-6-4-2;1-8(16)9-2-4-14-11(6-9)12-7-10(13(17)18)3-5-15-12;2*2-1-3;/h13-22H,3-12H2,1-2H3;2-7H,1H3,(H,17,18);;;/q;;2*-1;+2. The van der Waals surface area contributed by atoms with Crippen molar-refractivity contribution in [2.75, 3.05) is 0 Å². The summed E-state index contributed by atoms with van der Waals surface area (Å²) < 4.78 is 0. The summed E-state index contributed by atoms with van der Waals surface area (Å²) in [7, 11) is 0. The van der Waals surface area contributed by atoms with Crippen LogP contribution in [0.25, 0.3) is 54.5 Å². The monoisotopic (exact) mass is 948 g/mol. The van der Waals surface area contributed by atoms with Crippen molar-refractivity contribution >= 4 is 69.2 Å². The summed E-state index contributed by atoms with van der Waals surface area (Å²) >= 11 is 11.2. The Labute approximate surface area is 378 Å². The van der Waals surface area contributed by atoms with Gasteiger partial charge in [-0.2, -0.15) is 10.3 Å². The van der Waals surface area contributed by atoms with Gasteiger partial charge in [-0.25, -0.2) is 4.79 Å². The summed E-state index contributed by atoms with van der Waals surface area (Å²) in [6, 6.07) is 23.7. The van der Waals surface area contributed by atoms with E-state index in [1.165, 1.54) is 137 Å². The molecule has 0 amide bonds. The number of aromatic nitrogens is 4. The number of carbonyl (C=O) groups excluding carboxylic acids is 1. The summed E-state index contributed by atoms with van der Waals surface area (Å²) in [6.45, 7) is 5.99. The van der Waals surface area contributed by atoms with Crippen molar-refractivity contribution in [3.8, 4) is 43.7 Å². The Balaban J connectivity index is 0.000000403. The van der Waals surface area contributed by atoms with Gasteiger partial charge < -0.3 is 15.9 Å². The van der Waals surface area contributed by atoms with Crippen molar-refractivity contribution in [1.29, 1.82) is 0 Å². The van der Waals surface area contributed by atoms with Crippen molar-refractivity contribution in [2.24, 2.45) is 0 Å². The number of thiophene rings is 2. The molecule has 14 heteroatoms. The number of hydrogen-bond acceptors (Lipinski definition) is 10. The van der Waals surface area contributed by atoms with Crippen molar-refractivity contribution in [3.05, 3.63) is 129 Å². The predicted molar refractivity (Wildman–Crippen MR) is 246 cm³/mol. The van der Waals surface area contributed by atoms with E-state index in [9.17, 15) is 9.59 Å². The van der Waals surface area contributed by atoms with Crippen LogP contribution >= 0.6 is 47.1 Å². The van der Waals surface area contributed by atoms with Gasteiger partial charge in [0.15, 0.2) is 5.78 Å². The predicted octanol–water partition coefficient (Wildman–Crippen LogP) is 13.2. The molecule has 0 saturated carbocycles. The Hall–Kier alpha value is -4.64. The number of isothiocyanates is 2. The van der Waals surface area contributed by atoms with Crippen LogP contribution in [0.15, 0.2) is 97.6 Å². The van der Waals surface area contributed by atoms with Gasteiger partial charge in [0.1, 0.15) is 0 Å². The fourth-order valence-corrected chi connectivity index (χ4v) is 7.82. The molecule has 0 radical (unpaired) electrons. The molecule has 0 aliphatic carbocycles. The van der Waals surface area contributed by atoms with E-state index in [2.05, 4.69) is 107 Å². The molecule has 6 aromatic heterocycles. The van der Waals surface area contributed by atoms with E-state index in [1.807, 2.05) is 35.1 Å². The van der Waals surface area contributed by atoms with Crippen LogP contribution in [0.2, 0.25) is 0 Å². The molecule has 6 heterocycles. The fraction of sp³-hybridized carbons (Fsp3) is 0.289. The van der Waals surface area contributed by atoms with Gasteiger partial charge in [0.25, 0.3) is 0 Å². The average molecular weight is 948 g/mol. The molecule has 0 aliphatic heterocycles. The Morgan fingerprint density at radius 2 is 0.966 bits per heavy atom. The quantitative estimate of drug-likeness (QED) is 0.0329. The zero-order valence-electron chi connectivity index (χ0n) is 33.2. The van der Waals surface area contributed by atoms with Crippen LogP contribution in [0.1, 0.15) is 103 Å². The number of aryl methyl sites for hydroxylation is 2. The summed E-state index contributed by atoms with van der Waals surface area (Å²) in [5.41, 5.74) is 5.89. The van der Waals surface area contributed by atoms with Crippen molar-refractivity contribution < 1.29 is 34.2 Å². The SMILES string of the molecule is CC(=O)c1ccnc(-c2cc(C(=O)O)ccn2)c1.CCCCCCc1ccc(-c2ccnc(-c3cc(-c4ccc(CCCCCC)s4)ccn3)c2)s1.[N-]=C=S.[N-]=C=S.[Ru+2]. The van der Waals surface area contributed by atoms with Crippen LogP contribution in [0.5, 0.6) is 0 Å². The average Bonchev–Trinajstić information content (AvgIpc) is 3.93. The van der Waals surface area contributed by atoms with Gasteiger partial charge in [0, 0.05) is 49.9 Å². The van der Waals surface area contributed by atoms with E-state index in [-0.39, 0.29) is 30.8 Å².